The number of phosphoric ester groups is 2. The van der Waals surface area contributed by atoms with Crippen molar-refractivity contribution in [3.05, 3.63) is 0 Å². The summed E-state index contributed by atoms with van der Waals surface area (Å²) in [4.78, 5) is 72.4. The minimum atomic E-state index is -4.95. The zero-order chi connectivity index (χ0) is 67.0. The van der Waals surface area contributed by atoms with Crippen molar-refractivity contribution >= 4 is 39.5 Å². The van der Waals surface area contributed by atoms with E-state index < -0.39 is 97.5 Å². The standard InChI is InChI=1S/C72H140O17P2/c1-6-10-13-16-19-21-22-23-24-25-26-30-33-37-41-46-51-56-70(75)83-62-68(89-72(77)58-53-48-43-38-34-31-28-27-29-32-36-40-44-49-54-65(5)9-4)64-87-91(80,81)85-60-66(73)59-84-90(78,79)86-63-67(61-82-69(74)55-50-45-39-18-15-12-8-3)88-71(76)57-52-47-42-35-20-17-14-11-7-2/h65-68,73H,6-64H2,1-5H3,(H,78,79)(H,80,81)/t65?,66-,67+,68+/m0/s1. The molecule has 540 valence electrons. The maximum Gasteiger partial charge on any atom is 0.472 e. The highest BCUT2D eigenvalue weighted by Gasteiger charge is 2.30. The Hall–Kier alpha value is -1.94. The predicted octanol–water partition coefficient (Wildman–Crippen LogP) is 20.9. The maximum atomic E-state index is 13.0. The Balaban J connectivity index is 5.17. The summed E-state index contributed by atoms with van der Waals surface area (Å²) in [6.07, 6.45) is 52.8. The van der Waals surface area contributed by atoms with E-state index in [1.54, 1.807) is 0 Å². The molecule has 91 heavy (non-hydrogen) atoms. The summed E-state index contributed by atoms with van der Waals surface area (Å²) in [5.41, 5.74) is 0. The number of aliphatic hydroxyl groups is 1. The fraction of sp³-hybridized carbons (Fsp3) is 0.944. The topological polar surface area (TPSA) is 237 Å². The van der Waals surface area contributed by atoms with Gasteiger partial charge < -0.3 is 33.8 Å². The molecule has 0 aliphatic carbocycles. The third-order valence-corrected chi connectivity index (χ3v) is 19.0. The van der Waals surface area contributed by atoms with Crippen LogP contribution >= 0.6 is 15.6 Å². The fourth-order valence-corrected chi connectivity index (χ4v) is 12.5. The first kappa shape index (κ1) is 89.1. The van der Waals surface area contributed by atoms with Crippen molar-refractivity contribution in [2.45, 2.75) is 393 Å². The fourth-order valence-electron chi connectivity index (χ4n) is 11.0. The Morgan fingerprint density at radius 2 is 0.527 bits per heavy atom. The molecule has 0 aliphatic rings. The second-order valence-corrected chi connectivity index (χ2v) is 29.1. The average molecular weight is 1340 g/mol. The molecule has 0 rings (SSSR count). The molecule has 3 N–H and O–H groups in total. The van der Waals surface area contributed by atoms with Gasteiger partial charge in [-0.2, -0.15) is 0 Å². The molecule has 0 fully saturated rings. The summed E-state index contributed by atoms with van der Waals surface area (Å²) < 4.78 is 68.2. The van der Waals surface area contributed by atoms with Gasteiger partial charge in [-0.3, -0.25) is 37.3 Å². The molecule has 0 radical (unpaired) electrons. The average Bonchev–Trinajstić information content (AvgIpc) is 3.25. The molecule has 3 unspecified atom stereocenters. The summed E-state index contributed by atoms with van der Waals surface area (Å²) in [6, 6.07) is 0. The molecule has 0 saturated heterocycles. The molecule has 0 saturated carbocycles. The van der Waals surface area contributed by atoms with Crippen LogP contribution in [-0.4, -0.2) is 96.7 Å². The number of ether oxygens (including phenoxy) is 4. The number of hydrogen-bond donors (Lipinski definition) is 3. The van der Waals surface area contributed by atoms with Gasteiger partial charge in [-0.1, -0.05) is 324 Å². The lowest BCUT2D eigenvalue weighted by Crippen LogP contribution is -2.30. The summed E-state index contributed by atoms with van der Waals surface area (Å²) in [6.45, 7) is 7.26. The SMILES string of the molecule is CCCCCCCCCCCCCCCCCCCC(=O)OC[C@H](COP(=O)(O)OC[C@@H](O)COP(=O)(O)OC[C@@H](COC(=O)CCCCCCCCC)OC(=O)CCCCCCCCCCC)OC(=O)CCCCCCCCCCCCCCCCC(C)CC. The van der Waals surface area contributed by atoms with Gasteiger partial charge in [0.05, 0.1) is 26.4 Å². The lowest BCUT2D eigenvalue weighted by Gasteiger charge is -2.21. The Morgan fingerprint density at radius 3 is 0.780 bits per heavy atom. The van der Waals surface area contributed by atoms with E-state index >= 15 is 0 Å². The Labute approximate surface area is 556 Å². The number of unbranched alkanes of at least 4 members (excludes halogenated alkanes) is 43. The number of rotatable bonds is 72. The van der Waals surface area contributed by atoms with Crippen molar-refractivity contribution in [2.75, 3.05) is 39.6 Å². The molecule has 0 bridgehead atoms. The molecule has 0 aliphatic heterocycles. The van der Waals surface area contributed by atoms with Gasteiger partial charge in [0.15, 0.2) is 12.2 Å². The molecule has 19 heteroatoms. The van der Waals surface area contributed by atoms with Crippen LogP contribution in [0.1, 0.15) is 375 Å². The quantitative estimate of drug-likeness (QED) is 0.0222. The van der Waals surface area contributed by atoms with Crippen LogP contribution in [0, 0.1) is 5.92 Å². The lowest BCUT2D eigenvalue weighted by atomic mass is 9.99. The van der Waals surface area contributed by atoms with Crippen LogP contribution < -0.4 is 0 Å². The van der Waals surface area contributed by atoms with E-state index in [0.717, 1.165) is 109 Å². The predicted molar refractivity (Wildman–Crippen MR) is 368 cm³/mol. The smallest absolute Gasteiger partial charge is 0.462 e. The normalized spacial score (nSPS) is 14.3. The molecule has 17 nitrogen and oxygen atoms in total. The van der Waals surface area contributed by atoms with E-state index in [1.165, 1.54) is 186 Å². The zero-order valence-corrected chi connectivity index (χ0v) is 60.8. The van der Waals surface area contributed by atoms with Crippen LogP contribution in [0.4, 0.5) is 0 Å². The first-order valence-corrected chi connectivity index (χ1v) is 40.7. The van der Waals surface area contributed by atoms with E-state index in [-0.39, 0.29) is 25.7 Å². The van der Waals surface area contributed by atoms with Gasteiger partial charge in [0.1, 0.15) is 19.3 Å². The van der Waals surface area contributed by atoms with Crippen LogP contribution in [0.3, 0.4) is 0 Å². The third-order valence-electron chi connectivity index (χ3n) is 17.1. The van der Waals surface area contributed by atoms with Gasteiger partial charge in [-0.25, -0.2) is 9.13 Å². The van der Waals surface area contributed by atoms with E-state index in [1.807, 2.05) is 0 Å². The molecule has 6 atom stereocenters. The number of esters is 4. The second-order valence-electron chi connectivity index (χ2n) is 26.2. The van der Waals surface area contributed by atoms with Crippen molar-refractivity contribution in [1.29, 1.82) is 0 Å². The molecular weight excluding hydrogens is 1200 g/mol. The van der Waals surface area contributed by atoms with Gasteiger partial charge in [0.2, 0.25) is 0 Å². The molecule has 0 amide bonds. The number of aliphatic hydroxyl groups excluding tert-OH is 1. The van der Waals surface area contributed by atoms with Crippen molar-refractivity contribution in [3.8, 4) is 0 Å². The maximum absolute atomic E-state index is 13.0. The van der Waals surface area contributed by atoms with Gasteiger partial charge in [0.25, 0.3) is 0 Å². The highest BCUT2D eigenvalue weighted by molar-refractivity contribution is 7.47. The van der Waals surface area contributed by atoms with Crippen molar-refractivity contribution in [1.82, 2.24) is 0 Å². The van der Waals surface area contributed by atoms with Crippen molar-refractivity contribution in [2.24, 2.45) is 5.92 Å². The molecule has 0 spiro atoms. The van der Waals surface area contributed by atoms with Crippen LogP contribution in [-0.2, 0) is 65.4 Å². The number of hydrogen-bond acceptors (Lipinski definition) is 15. The number of phosphoric acid groups is 2. The molecule has 0 aromatic carbocycles. The van der Waals surface area contributed by atoms with Gasteiger partial charge in [0, 0.05) is 25.7 Å². The third kappa shape index (κ3) is 65.1. The van der Waals surface area contributed by atoms with Crippen LogP contribution in [0.15, 0.2) is 0 Å². The number of carbonyl (C=O) groups excluding carboxylic acids is 4. The Kier molecular flexibility index (Phi) is 64.0. The Bertz CT molecular complexity index is 1760. The molecule has 0 heterocycles. The largest absolute Gasteiger partial charge is 0.472 e. The zero-order valence-electron chi connectivity index (χ0n) is 59.0. The monoisotopic (exact) mass is 1340 g/mol. The van der Waals surface area contributed by atoms with Crippen LogP contribution in [0.2, 0.25) is 0 Å². The highest BCUT2D eigenvalue weighted by Crippen LogP contribution is 2.45. The van der Waals surface area contributed by atoms with Gasteiger partial charge in [-0.05, 0) is 31.6 Å². The molecule has 0 aromatic rings. The summed E-state index contributed by atoms with van der Waals surface area (Å²) in [5.74, 6) is -1.28. The van der Waals surface area contributed by atoms with E-state index in [4.69, 9.17) is 37.0 Å². The Morgan fingerprint density at radius 1 is 0.308 bits per heavy atom. The van der Waals surface area contributed by atoms with Crippen LogP contribution in [0.25, 0.3) is 0 Å². The minimum absolute atomic E-state index is 0.106. The van der Waals surface area contributed by atoms with Crippen LogP contribution in [0.5, 0.6) is 0 Å². The first-order chi connectivity index (χ1) is 44.1. The van der Waals surface area contributed by atoms with E-state index in [0.29, 0.717) is 25.7 Å². The van der Waals surface area contributed by atoms with Gasteiger partial charge >= 0.3 is 39.5 Å². The highest BCUT2D eigenvalue weighted by atomic mass is 31.2. The van der Waals surface area contributed by atoms with Crippen molar-refractivity contribution < 1.29 is 80.2 Å². The van der Waals surface area contributed by atoms with Crippen molar-refractivity contribution in [3.63, 3.8) is 0 Å². The number of carbonyl (C=O) groups is 4. The minimum Gasteiger partial charge on any atom is -0.462 e. The lowest BCUT2D eigenvalue weighted by molar-refractivity contribution is -0.161. The van der Waals surface area contributed by atoms with E-state index in [2.05, 4.69) is 34.6 Å². The summed E-state index contributed by atoms with van der Waals surface area (Å²) >= 11 is 0. The second kappa shape index (κ2) is 65.4. The first-order valence-electron chi connectivity index (χ1n) is 37.7. The molecule has 0 aromatic heterocycles. The summed E-state index contributed by atoms with van der Waals surface area (Å²) in [7, 11) is -9.89. The van der Waals surface area contributed by atoms with E-state index in [9.17, 15) is 43.2 Å². The summed E-state index contributed by atoms with van der Waals surface area (Å²) in [5, 5.41) is 10.6. The van der Waals surface area contributed by atoms with Gasteiger partial charge in [-0.15, -0.1) is 0 Å². The molecular formula is C72H140O17P2.